The van der Waals surface area contributed by atoms with Crippen molar-refractivity contribution in [2.75, 3.05) is 0 Å². The Labute approximate surface area is 122 Å². The molecule has 0 saturated carbocycles. The number of hydrogen-bond acceptors (Lipinski definition) is 0. The molecule has 0 aromatic heterocycles. The predicted octanol–water partition coefficient (Wildman–Crippen LogP) is 5.44. The molecule has 100 valence electrons. The van der Waals surface area contributed by atoms with E-state index in [2.05, 4.69) is 15.9 Å². The molecule has 0 aliphatic rings. The van der Waals surface area contributed by atoms with Gasteiger partial charge in [0.2, 0.25) is 0 Å². The van der Waals surface area contributed by atoms with Gasteiger partial charge in [-0.15, -0.1) is 0 Å². The van der Waals surface area contributed by atoms with Gasteiger partial charge in [-0.25, -0.2) is 13.2 Å². The molecule has 19 heavy (non-hydrogen) atoms. The van der Waals surface area contributed by atoms with Crippen LogP contribution in [0.15, 0.2) is 36.4 Å². The monoisotopic (exact) mass is 348 g/mol. The van der Waals surface area contributed by atoms with Crippen LogP contribution in [0.2, 0.25) is 5.02 Å². The Balaban J connectivity index is 2.25. The lowest BCUT2D eigenvalue weighted by Crippen LogP contribution is -2.02. The van der Waals surface area contributed by atoms with Crippen molar-refractivity contribution in [3.63, 3.8) is 0 Å². The maximum Gasteiger partial charge on any atom is 0.194 e. The summed E-state index contributed by atoms with van der Waals surface area (Å²) in [4.78, 5) is -0.457. The Bertz CT molecular complexity index is 601. The van der Waals surface area contributed by atoms with E-state index in [0.29, 0.717) is 11.4 Å². The van der Waals surface area contributed by atoms with Gasteiger partial charge in [0, 0.05) is 15.4 Å². The maximum atomic E-state index is 13.6. The third-order valence-electron chi connectivity index (χ3n) is 2.71. The third-order valence-corrected chi connectivity index (χ3v) is 3.76. The van der Waals surface area contributed by atoms with Gasteiger partial charge in [-0.05, 0) is 30.2 Å². The molecule has 0 radical (unpaired) electrons. The normalized spacial score (nSPS) is 12.5. The van der Waals surface area contributed by atoms with E-state index in [0.717, 1.165) is 11.6 Å². The van der Waals surface area contributed by atoms with Gasteiger partial charge in [0.15, 0.2) is 17.5 Å². The van der Waals surface area contributed by atoms with Crippen molar-refractivity contribution in [2.24, 2.45) is 0 Å². The number of rotatable bonds is 3. The van der Waals surface area contributed by atoms with Crippen LogP contribution in [0, 0.1) is 17.5 Å². The summed E-state index contributed by atoms with van der Waals surface area (Å²) in [6.45, 7) is 0. The Kier molecular flexibility index (Phi) is 4.53. The number of benzene rings is 2. The van der Waals surface area contributed by atoms with Gasteiger partial charge in [0.1, 0.15) is 0 Å². The lowest BCUT2D eigenvalue weighted by molar-refractivity contribution is 0.440. The van der Waals surface area contributed by atoms with E-state index in [9.17, 15) is 13.2 Å². The van der Waals surface area contributed by atoms with E-state index in [-0.39, 0.29) is 5.56 Å². The van der Waals surface area contributed by atoms with Crippen LogP contribution < -0.4 is 0 Å². The first-order valence-electron chi connectivity index (χ1n) is 5.51. The van der Waals surface area contributed by atoms with E-state index in [1.165, 1.54) is 6.07 Å². The minimum Gasteiger partial charge on any atom is -0.204 e. The van der Waals surface area contributed by atoms with E-state index in [4.69, 9.17) is 11.6 Å². The summed E-state index contributed by atoms with van der Waals surface area (Å²) in [5, 5.41) is 0.572. The number of alkyl halides is 1. The third kappa shape index (κ3) is 3.31. The van der Waals surface area contributed by atoms with Crippen LogP contribution in [0.25, 0.3) is 0 Å². The molecule has 0 heterocycles. The molecule has 0 saturated heterocycles. The first kappa shape index (κ1) is 14.4. The minimum absolute atomic E-state index is 0.0823. The van der Waals surface area contributed by atoms with Crippen LogP contribution in [-0.2, 0) is 6.42 Å². The van der Waals surface area contributed by atoms with E-state index in [1.807, 2.05) is 6.07 Å². The predicted molar refractivity (Wildman–Crippen MR) is 73.1 cm³/mol. The molecule has 0 amide bonds. The van der Waals surface area contributed by atoms with Gasteiger partial charge < -0.3 is 0 Å². The fourth-order valence-corrected chi connectivity index (χ4v) is 2.70. The van der Waals surface area contributed by atoms with E-state index < -0.39 is 22.3 Å². The molecule has 1 unspecified atom stereocenters. The number of halogens is 5. The quantitative estimate of drug-likeness (QED) is 0.511. The molecule has 0 aliphatic heterocycles. The Morgan fingerprint density at radius 1 is 1.05 bits per heavy atom. The molecule has 2 aromatic carbocycles. The highest BCUT2D eigenvalue weighted by molar-refractivity contribution is 9.09. The zero-order chi connectivity index (χ0) is 14.0. The molecule has 0 fully saturated rings. The summed E-state index contributed by atoms with van der Waals surface area (Å²) in [5.74, 6) is -3.80. The van der Waals surface area contributed by atoms with Gasteiger partial charge in [0.05, 0.1) is 0 Å². The zero-order valence-electron chi connectivity index (χ0n) is 9.64. The molecule has 2 rings (SSSR count). The van der Waals surface area contributed by atoms with Crippen LogP contribution in [0.5, 0.6) is 0 Å². The second-order valence-electron chi connectivity index (χ2n) is 4.07. The number of hydrogen-bond donors (Lipinski definition) is 0. The molecular formula is C14H9BrClF3. The average Bonchev–Trinajstić information content (AvgIpc) is 2.36. The van der Waals surface area contributed by atoms with Crippen LogP contribution in [-0.4, -0.2) is 0 Å². The van der Waals surface area contributed by atoms with E-state index in [1.54, 1.807) is 18.2 Å². The molecule has 5 heteroatoms. The summed E-state index contributed by atoms with van der Waals surface area (Å²) >= 11 is 9.14. The van der Waals surface area contributed by atoms with Gasteiger partial charge in [-0.2, -0.15) is 0 Å². The minimum atomic E-state index is -1.45. The van der Waals surface area contributed by atoms with Crippen molar-refractivity contribution in [3.8, 4) is 0 Å². The van der Waals surface area contributed by atoms with Crippen LogP contribution in [0.3, 0.4) is 0 Å². The Morgan fingerprint density at radius 3 is 2.47 bits per heavy atom. The van der Waals surface area contributed by atoms with Gasteiger partial charge in [-0.3, -0.25) is 0 Å². The first-order chi connectivity index (χ1) is 8.99. The largest absolute Gasteiger partial charge is 0.204 e. The summed E-state index contributed by atoms with van der Waals surface area (Å²) in [6, 6.07) is 9.23. The van der Waals surface area contributed by atoms with Crippen molar-refractivity contribution < 1.29 is 13.2 Å². The Morgan fingerprint density at radius 2 is 1.79 bits per heavy atom. The lowest BCUT2D eigenvalue weighted by atomic mass is 10.0. The average molecular weight is 350 g/mol. The van der Waals surface area contributed by atoms with Crippen LogP contribution in [0.4, 0.5) is 13.2 Å². The molecular weight excluding hydrogens is 341 g/mol. The molecule has 0 N–H and O–H groups in total. The molecule has 0 aliphatic carbocycles. The second-order valence-corrected chi connectivity index (χ2v) is 5.61. The SMILES string of the molecule is Fc1ccc(C(Br)Cc2cccc(Cl)c2)c(F)c1F. The van der Waals surface area contributed by atoms with Crippen molar-refractivity contribution in [2.45, 2.75) is 11.2 Å². The fraction of sp³-hybridized carbons (Fsp3) is 0.143. The summed E-state index contributed by atoms with van der Waals surface area (Å²) in [6.07, 6.45) is 0.419. The maximum absolute atomic E-state index is 13.6. The molecule has 2 aromatic rings. The summed E-state index contributed by atoms with van der Waals surface area (Å²) in [7, 11) is 0. The first-order valence-corrected chi connectivity index (χ1v) is 6.80. The van der Waals surface area contributed by atoms with Crippen molar-refractivity contribution in [1.82, 2.24) is 0 Å². The highest BCUT2D eigenvalue weighted by Crippen LogP contribution is 2.31. The van der Waals surface area contributed by atoms with Gasteiger partial charge in [0.25, 0.3) is 0 Å². The van der Waals surface area contributed by atoms with Crippen molar-refractivity contribution >= 4 is 27.5 Å². The van der Waals surface area contributed by atoms with Crippen molar-refractivity contribution in [3.05, 3.63) is 70.0 Å². The lowest BCUT2D eigenvalue weighted by Gasteiger charge is -2.12. The highest BCUT2D eigenvalue weighted by Gasteiger charge is 2.19. The topological polar surface area (TPSA) is 0 Å². The zero-order valence-corrected chi connectivity index (χ0v) is 12.0. The molecule has 1 atom stereocenters. The second kappa shape index (κ2) is 5.97. The smallest absolute Gasteiger partial charge is 0.194 e. The summed E-state index contributed by atoms with van der Waals surface area (Å²) in [5.41, 5.74) is 0.956. The van der Waals surface area contributed by atoms with Crippen LogP contribution in [0.1, 0.15) is 16.0 Å². The van der Waals surface area contributed by atoms with E-state index >= 15 is 0 Å². The van der Waals surface area contributed by atoms with Crippen molar-refractivity contribution in [1.29, 1.82) is 0 Å². The fourth-order valence-electron chi connectivity index (χ4n) is 1.76. The van der Waals surface area contributed by atoms with Gasteiger partial charge >= 0.3 is 0 Å². The standard InChI is InChI=1S/C14H9BrClF3/c15-11(7-8-2-1-3-9(16)6-8)10-4-5-12(17)14(19)13(10)18/h1-6,11H,7H2. The van der Waals surface area contributed by atoms with Gasteiger partial charge in [-0.1, -0.05) is 45.7 Å². The molecule has 0 nitrogen and oxygen atoms in total. The summed E-state index contributed by atoms with van der Waals surface area (Å²) < 4.78 is 39.6. The highest BCUT2D eigenvalue weighted by atomic mass is 79.9. The molecule has 0 bridgehead atoms. The Hall–Kier alpha value is -1.00. The van der Waals surface area contributed by atoms with Crippen LogP contribution >= 0.6 is 27.5 Å². The molecule has 0 spiro atoms.